The highest BCUT2D eigenvalue weighted by molar-refractivity contribution is 5.87. The van der Waals surface area contributed by atoms with Crippen LogP contribution in [0.4, 0.5) is 0 Å². The normalized spacial score (nSPS) is 52.1. The van der Waals surface area contributed by atoms with Crippen LogP contribution in [0.2, 0.25) is 0 Å². The van der Waals surface area contributed by atoms with Crippen molar-refractivity contribution in [3.8, 4) is 0 Å². The van der Waals surface area contributed by atoms with Gasteiger partial charge < -0.3 is 23.7 Å². The van der Waals surface area contributed by atoms with Crippen molar-refractivity contribution in [3.63, 3.8) is 0 Å². The Morgan fingerprint density at radius 3 is 2.60 bits per heavy atom. The first-order chi connectivity index (χ1) is 12.0. The van der Waals surface area contributed by atoms with Crippen LogP contribution in [0.3, 0.4) is 0 Å². The zero-order chi connectivity index (χ0) is 17.3. The second-order valence-electron chi connectivity index (χ2n) is 8.27. The van der Waals surface area contributed by atoms with Crippen molar-refractivity contribution >= 4 is 5.97 Å². The first-order valence-electron chi connectivity index (χ1n) is 9.51. The third kappa shape index (κ3) is 2.21. The number of carbonyl (C=O) groups is 1. The Balaban J connectivity index is 1.40. The molecule has 6 rings (SSSR count). The molecule has 2 heterocycles. The van der Waals surface area contributed by atoms with Crippen molar-refractivity contribution < 1.29 is 28.5 Å². The summed E-state index contributed by atoms with van der Waals surface area (Å²) < 4.78 is 30.1. The quantitative estimate of drug-likeness (QED) is 0.573. The smallest absolute Gasteiger partial charge is 0.335 e. The third-order valence-corrected chi connectivity index (χ3v) is 6.76. The molecule has 0 aromatic heterocycles. The first kappa shape index (κ1) is 16.2. The molecule has 6 nitrogen and oxygen atoms in total. The van der Waals surface area contributed by atoms with Gasteiger partial charge in [-0.15, -0.1) is 0 Å². The molecule has 6 heteroatoms. The molecule has 138 valence electrons. The van der Waals surface area contributed by atoms with E-state index in [2.05, 4.69) is 6.58 Å². The van der Waals surface area contributed by atoms with Gasteiger partial charge in [-0.05, 0) is 51.4 Å². The summed E-state index contributed by atoms with van der Waals surface area (Å²) >= 11 is 0. The monoisotopic (exact) mass is 350 g/mol. The second kappa shape index (κ2) is 5.52. The lowest BCUT2D eigenvalue weighted by molar-refractivity contribution is -0.303. The molecule has 2 saturated heterocycles. The van der Waals surface area contributed by atoms with Crippen molar-refractivity contribution in [3.05, 3.63) is 12.2 Å². The van der Waals surface area contributed by atoms with E-state index in [0.717, 1.165) is 5.92 Å². The fourth-order valence-corrected chi connectivity index (χ4v) is 5.94. The van der Waals surface area contributed by atoms with Gasteiger partial charge in [0.05, 0.1) is 0 Å². The Hall–Kier alpha value is -0.950. The molecule has 2 aliphatic heterocycles. The van der Waals surface area contributed by atoms with E-state index in [-0.39, 0.29) is 6.10 Å². The van der Waals surface area contributed by atoms with Crippen molar-refractivity contribution in [1.29, 1.82) is 0 Å². The van der Waals surface area contributed by atoms with Gasteiger partial charge in [-0.1, -0.05) is 6.58 Å². The van der Waals surface area contributed by atoms with Gasteiger partial charge >= 0.3 is 5.97 Å². The molecule has 1 spiro atoms. The van der Waals surface area contributed by atoms with Crippen LogP contribution in [0.25, 0.3) is 0 Å². The maximum atomic E-state index is 12.0. The summed E-state index contributed by atoms with van der Waals surface area (Å²) in [6, 6.07) is 0. The summed E-state index contributed by atoms with van der Waals surface area (Å²) in [6.45, 7) is 7.68. The zero-order valence-electron chi connectivity index (χ0n) is 14.8. The van der Waals surface area contributed by atoms with Gasteiger partial charge in [0.2, 0.25) is 6.29 Å². The summed E-state index contributed by atoms with van der Waals surface area (Å²) in [5.41, 5.74) is 0.340. The molecular formula is C19H26O6. The highest BCUT2D eigenvalue weighted by Gasteiger charge is 2.71. The van der Waals surface area contributed by atoms with Gasteiger partial charge in [-0.25, -0.2) is 4.79 Å². The molecular weight excluding hydrogens is 324 g/mol. The van der Waals surface area contributed by atoms with Gasteiger partial charge in [0.1, 0.15) is 6.10 Å². The Kier molecular flexibility index (Phi) is 3.59. The van der Waals surface area contributed by atoms with Crippen molar-refractivity contribution in [2.24, 2.45) is 23.7 Å². The fourth-order valence-electron chi connectivity index (χ4n) is 5.94. The number of fused-ring (bicyclic) bond motifs is 1. The second-order valence-corrected chi connectivity index (χ2v) is 8.27. The molecule has 25 heavy (non-hydrogen) atoms. The van der Waals surface area contributed by atoms with Gasteiger partial charge in [0, 0.05) is 24.0 Å². The van der Waals surface area contributed by atoms with E-state index in [1.807, 2.05) is 6.92 Å². The molecule has 6 fully saturated rings. The van der Waals surface area contributed by atoms with Crippen molar-refractivity contribution in [1.82, 2.24) is 0 Å². The van der Waals surface area contributed by atoms with Crippen LogP contribution in [-0.2, 0) is 28.5 Å². The molecule has 4 bridgehead atoms. The topological polar surface area (TPSA) is 63.2 Å². The molecule has 9 atom stereocenters. The summed E-state index contributed by atoms with van der Waals surface area (Å²) in [5.74, 6) is 1.45. The van der Waals surface area contributed by atoms with E-state index in [0.29, 0.717) is 29.9 Å². The van der Waals surface area contributed by atoms with Crippen LogP contribution >= 0.6 is 0 Å². The standard InChI is InChI=1S/C19H26O6/c1-4-21-17-14-15(18(23-17)22-16(20)9(2)3)25-19(24-14)12-6-10-5-11(8-12)13(19)7-10/h10-15,17-18H,2,4-8H2,1,3H3. The maximum absolute atomic E-state index is 12.0. The van der Waals surface area contributed by atoms with Gasteiger partial charge in [0.25, 0.3) is 0 Å². The van der Waals surface area contributed by atoms with Gasteiger partial charge in [0.15, 0.2) is 18.2 Å². The highest BCUT2D eigenvalue weighted by atomic mass is 16.8. The van der Waals surface area contributed by atoms with Crippen molar-refractivity contribution in [2.45, 2.75) is 70.1 Å². The van der Waals surface area contributed by atoms with Crippen LogP contribution in [0.15, 0.2) is 12.2 Å². The van der Waals surface area contributed by atoms with E-state index < -0.39 is 30.4 Å². The minimum Gasteiger partial charge on any atom is -0.429 e. The number of hydrogen-bond acceptors (Lipinski definition) is 6. The minimum atomic E-state index is -0.804. The lowest BCUT2D eigenvalue weighted by Crippen LogP contribution is -2.47. The summed E-state index contributed by atoms with van der Waals surface area (Å²) in [7, 11) is 0. The molecule has 4 saturated carbocycles. The maximum Gasteiger partial charge on any atom is 0.335 e. The molecule has 0 aromatic carbocycles. The number of esters is 1. The first-order valence-corrected chi connectivity index (χ1v) is 9.51. The number of carbonyl (C=O) groups excluding carboxylic acids is 1. The van der Waals surface area contributed by atoms with Crippen LogP contribution in [0.5, 0.6) is 0 Å². The average Bonchev–Trinajstić information content (AvgIpc) is 3.23. The van der Waals surface area contributed by atoms with Crippen molar-refractivity contribution in [2.75, 3.05) is 6.61 Å². The lowest BCUT2D eigenvalue weighted by Gasteiger charge is -2.41. The Morgan fingerprint density at radius 1 is 1.16 bits per heavy atom. The predicted molar refractivity (Wildman–Crippen MR) is 86.1 cm³/mol. The Bertz CT molecular complexity index is 601. The average molecular weight is 350 g/mol. The van der Waals surface area contributed by atoms with Gasteiger partial charge in [-0.3, -0.25) is 0 Å². The third-order valence-electron chi connectivity index (χ3n) is 6.76. The molecule has 0 amide bonds. The summed E-state index contributed by atoms with van der Waals surface area (Å²) in [4.78, 5) is 12.0. The van der Waals surface area contributed by atoms with E-state index in [4.69, 9.17) is 23.7 Å². The SMILES string of the molecule is C=C(C)C(=O)OC1OC(OCC)C2OC3(OC12)C1CC2CC(C1)C3C2. The molecule has 0 radical (unpaired) electrons. The molecule has 4 aliphatic carbocycles. The number of hydrogen-bond donors (Lipinski definition) is 0. The van der Waals surface area contributed by atoms with Crippen LogP contribution in [0.1, 0.15) is 39.5 Å². The summed E-state index contributed by atoms with van der Waals surface area (Å²) in [6.07, 6.45) is 2.73. The molecule has 0 aromatic rings. The van der Waals surface area contributed by atoms with Crippen LogP contribution < -0.4 is 0 Å². The number of ether oxygens (including phenoxy) is 5. The number of rotatable bonds is 4. The predicted octanol–water partition coefficient (Wildman–Crippen LogP) is 2.37. The molecule has 6 aliphatic rings. The Labute approximate surface area is 147 Å². The Morgan fingerprint density at radius 2 is 1.92 bits per heavy atom. The van der Waals surface area contributed by atoms with E-state index in [1.165, 1.54) is 25.7 Å². The molecule has 0 N–H and O–H groups in total. The van der Waals surface area contributed by atoms with E-state index in [1.54, 1.807) is 6.92 Å². The largest absolute Gasteiger partial charge is 0.429 e. The highest BCUT2D eigenvalue weighted by Crippen LogP contribution is 2.67. The van der Waals surface area contributed by atoms with Gasteiger partial charge in [-0.2, -0.15) is 0 Å². The molecule has 9 unspecified atom stereocenters. The summed E-state index contributed by atoms with van der Waals surface area (Å²) in [5, 5.41) is 0. The minimum absolute atomic E-state index is 0.340. The lowest BCUT2D eigenvalue weighted by atomic mass is 9.78. The zero-order valence-corrected chi connectivity index (χ0v) is 14.8. The van der Waals surface area contributed by atoms with E-state index >= 15 is 0 Å². The van der Waals surface area contributed by atoms with Crippen LogP contribution in [0, 0.1) is 23.7 Å². The van der Waals surface area contributed by atoms with Crippen LogP contribution in [-0.4, -0.2) is 43.2 Å². The van der Waals surface area contributed by atoms with E-state index in [9.17, 15) is 4.79 Å². The fraction of sp³-hybridized carbons (Fsp3) is 0.842.